The summed E-state index contributed by atoms with van der Waals surface area (Å²) in [4.78, 5) is 4.32. The summed E-state index contributed by atoms with van der Waals surface area (Å²) in [5, 5.41) is 11.8. The van der Waals surface area contributed by atoms with Crippen LogP contribution in [0.3, 0.4) is 0 Å². The first-order valence-corrected chi connectivity index (χ1v) is 9.79. The summed E-state index contributed by atoms with van der Waals surface area (Å²) in [6, 6.07) is 28.6. The predicted molar refractivity (Wildman–Crippen MR) is 123 cm³/mol. The fourth-order valence-corrected chi connectivity index (χ4v) is 3.33. The molecule has 142 valence electrons. The van der Waals surface area contributed by atoms with Crippen LogP contribution in [-0.4, -0.2) is 12.1 Å². The second-order valence-electron chi connectivity index (χ2n) is 6.94. The molecule has 3 aromatic rings. The maximum atomic E-state index is 8.25. The number of anilines is 1. The minimum Gasteiger partial charge on any atom is -0.358 e. The molecule has 0 bridgehead atoms. The molecule has 1 aliphatic carbocycles. The Morgan fingerprint density at radius 2 is 1.48 bits per heavy atom. The van der Waals surface area contributed by atoms with Crippen LogP contribution >= 0.6 is 0 Å². The molecular formula is C26H23N3. The van der Waals surface area contributed by atoms with Gasteiger partial charge < -0.3 is 5.32 Å². The van der Waals surface area contributed by atoms with E-state index in [9.17, 15) is 0 Å². The topological polar surface area (TPSA) is 48.2 Å². The molecule has 1 aliphatic rings. The highest BCUT2D eigenvalue weighted by molar-refractivity contribution is 6.03. The van der Waals surface area contributed by atoms with Crippen LogP contribution in [0.2, 0.25) is 0 Å². The van der Waals surface area contributed by atoms with E-state index in [0.717, 1.165) is 35.4 Å². The molecule has 0 spiro atoms. The van der Waals surface area contributed by atoms with E-state index in [1.54, 1.807) is 6.21 Å². The highest BCUT2D eigenvalue weighted by atomic mass is 14.9. The largest absolute Gasteiger partial charge is 0.358 e. The van der Waals surface area contributed by atoms with Crippen molar-refractivity contribution in [2.45, 2.75) is 12.8 Å². The van der Waals surface area contributed by atoms with E-state index >= 15 is 0 Å². The van der Waals surface area contributed by atoms with Crippen molar-refractivity contribution in [3.8, 4) is 11.1 Å². The summed E-state index contributed by atoms with van der Waals surface area (Å²) >= 11 is 0. The highest BCUT2D eigenvalue weighted by Crippen LogP contribution is 2.30. The summed E-state index contributed by atoms with van der Waals surface area (Å²) in [6.45, 7) is 0. The number of amidine groups is 1. The van der Waals surface area contributed by atoms with Crippen LogP contribution in [0.1, 0.15) is 18.4 Å². The summed E-state index contributed by atoms with van der Waals surface area (Å²) in [5.74, 6) is 0.328. The Hall–Kier alpha value is -3.72. The van der Waals surface area contributed by atoms with Crippen molar-refractivity contribution in [2.75, 3.05) is 5.32 Å². The fourth-order valence-electron chi connectivity index (χ4n) is 3.33. The lowest BCUT2D eigenvalue weighted by atomic mass is 10.00. The fraction of sp³-hybridized carbons (Fsp3) is 0.0769. The zero-order valence-electron chi connectivity index (χ0n) is 16.2. The third-order valence-electron chi connectivity index (χ3n) is 4.90. The first-order chi connectivity index (χ1) is 14.3. The predicted octanol–water partition coefficient (Wildman–Crippen LogP) is 6.47. The van der Waals surface area contributed by atoms with Crippen LogP contribution in [0.5, 0.6) is 0 Å². The quantitative estimate of drug-likeness (QED) is 0.389. The van der Waals surface area contributed by atoms with Crippen LogP contribution in [0.4, 0.5) is 5.69 Å². The smallest absolute Gasteiger partial charge is 0.147 e. The van der Waals surface area contributed by atoms with Gasteiger partial charge in [-0.1, -0.05) is 84.9 Å². The van der Waals surface area contributed by atoms with Crippen molar-refractivity contribution in [3.63, 3.8) is 0 Å². The second kappa shape index (κ2) is 8.98. The van der Waals surface area contributed by atoms with E-state index in [0.29, 0.717) is 5.84 Å². The maximum Gasteiger partial charge on any atom is 0.147 e. The summed E-state index contributed by atoms with van der Waals surface area (Å²) < 4.78 is 0. The number of hydrogen-bond donors (Lipinski definition) is 2. The zero-order chi connectivity index (χ0) is 19.9. The number of allylic oxidation sites excluding steroid dienone is 3. The minimum atomic E-state index is 0.328. The molecule has 2 N–H and O–H groups in total. The third kappa shape index (κ3) is 4.77. The van der Waals surface area contributed by atoms with E-state index in [-0.39, 0.29) is 0 Å². The Morgan fingerprint density at radius 3 is 2.21 bits per heavy atom. The van der Waals surface area contributed by atoms with E-state index in [2.05, 4.69) is 58.8 Å². The number of hydrogen-bond acceptors (Lipinski definition) is 2. The van der Waals surface area contributed by atoms with Crippen LogP contribution in [0.15, 0.2) is 113 Å². The van der Waals surface area contributed by atoms with E-state index in [4.69, 9.17) is 5.41 Å². The summed E-state index contributed by atoms with van der Waals surface area (Å²) in [5.41, 5.74) is 6.59. The molecule has 0 heterocycles. The maximum absolute atomic E-state index is 8.25. The van der Waals surface area contributed by atoms with Gasteiger partial charge >= 0.3 is 0 Å². The van der Waals surface area contributed by atoms with Gasteiger partial charge in [-0.15, -0.1) is 0 Å². The van der Waals surface area contributed by atoms with Gasteiger partial charge in [0.15, 0.2) is 0 Å². The average molecular weight is 377 g/mol. The van der Waals surface area contributed by atoms with Crippen LogP contribution in [-0.2, 0) is 0 Å². The average Bonchev–Trinajstić information content (AvgIpc) is 2.80. The van der Waals surface area contributed by atoms with Gasteiger partial charge in [-0.3, -0.25) is 5.41 Å². The van der Waals surface area contributed by atoms with Crippen molar-refractivity contribution in [3.05, 3.63) is 114 Å². The molecule has 0 saturated heterocycles. The van der Waals surface area contributed by atoms with Gasteiger partial charge in [-0.05, 0) is 41.7 Å². The lowest BCUT2D eigenvalue weighted by Gasteiger charge is -2.18. The molecule has 0 fully saturated rings. The summed E-state index contributed by atoms with van der Waals surface area (Å²) in [6.07, 6.45) is 7.47. The molecule has 3 aromatic carbocycles. The van der Waals surface area contributed by atoms with Gasteiger partial charge in [-0.2, -0.15) is 0 Å². The molecule has 4 rings (SSSR count). The van der Waals surface area contributed by atoms with Gasteiger partial charge in [0.2, 0.25) is 0 Å². The van der Waals surface area contributed by atoms with Crippen molar-refractivity contribution >= 4 is 17.7 Å². The Labute approximate surface area is 171 Å². The molecule has 29 heavy (non-hydrogen) atoms. The number of nitrogens with one attached hydrogen (secondary N) is 2. The van der Waals surface area contributed by atoms with E-state index in [1.165, 1.54) is 11.1 Å². The molecule has 3 heteroatoms. The van der Waals surface area contributed by atoms with Crippen molar-refractivity contribution in [1.29, 1.82) is 5.41 Å². The van der Waals surface area contributed by atoms with Gasteiger partial charge in [0.05, 0.1) is 0 Å². The van der Waals surface area contributed by atoms with Crippen LogP contribution in [0.25, 0.3) is 11.1 Å². The molecule has 0 amide bonds. The van der Waals surface area contributed by atoms with E-state index in [1.807, 2.05) is 48.5 Å². The number of para-hydroxylation sites is 1. The van der Waals surface area contributed by atoms with Crippen molar-refractivity contribution < 1.29 is 0 Å². The van der Waals surface area contributed by atoms with Gasteiger partial charge in [-0.25, -0.2) is 4.99 Å². The number of rotatable bonds is 5. The standard InChI is InChI=1S/C26H23N3/c27-26(28-19-20-9-3-1-4-10-20)22-15-17-23(18-16-22)29-25-14-8-7-13-24(25)21-11-5-2-6-12-21/h1-15,17,19,27,29H,16,18H2/b27-26?,28-19+. The zero-order valence-corrected chi connectivity index (χ0v) is 16.2. The molecule has 0 radical (unpaired) electrons. The van der Waals surface area contributed by atoms with Gasteiger partial charge in [0, 0.05) is 23.2 Å². The van der Waals surface area contributed by atoms with Gasteiger partial charge in [0.1, 0.15) is 5.84 Å². The second-order valence-corrected chi connectivity index (χ2v) is 6.94. The first-order valence-electron chi connectivity index (χ1n) is 9.79. The monoisotopic (exact) mass is 377 g/mol. The number of nitrogens with zero attached hydrogens (tertiary/aromatic N) is 1. The molecule has 0 atom stereocenters. The normalized spacial score (nSPS) is 13.7. The molecule has 0 aliphatic heterocycles. The Morgan fingerprint density at radius 1 is 0.793 bits per heavy atom. The third-order valence-corrected chi connectivity index (χ3v) is 4.90. The van der Waals surface area contributed by atoms with E-state index < -0.39 is 0 Å². The highest BCUT2D eigenvalue weighted by Gasteiger charge is 2.12. The Balaban J connectivity index is 1.47. The minimum absolute atomic E-state index is 0.328. The van der Waals surface area contributed by atoms with Gasteiger partial charge in [0.25, 0.3) is 0 Å². The van der Waals surface area contributed by atoms with Crippen LogP contribution < -0.4 is 5.32 Å². The Bertz CT molecular complexity index is 1080. The van der Waals surface area contributed by atoms with Crippen molar-refractivity contribution in [2.24, 2.45) is 4.99 Å². The number of aliphatic imine (C=N–C) groups is 1. The lowest BCUT2D eigenvalue weighted by Crippen LogP contribution is -2.08. The lowest BCUT2D eigenvalue weighted by molar-refractivity contribution is 0.938. The van der Waals surface area contributed by atoms with Crippen molar-refractivity contribution in [1.82, 2.24) is 0 Å². The molecular weight excluding hydrogens is 354 g/mol. The molecule has 0 saturated carbocycles. The number of benzene rings is 3. The molecule has 0 aromatic heterocycles. The molecule has 3 nitrogen and oxygen atoms in total. The molecule has 0 unspecified atom stereocenters. The Kier molecular flexibility index (Phi) is 5.77. The SMILES string of the molecule is N=C(/N=C/c1ccccc1)C1=CC=C(Nc2ccccc2-c2ccccc2)CC1. The van der Waals surface area contributed by atoms with Crippen LogP contribution in [0, 0.1) is 5.41 Å². The first kappa shape index (κ1) is 18.6. The summed E-state index contributed by atoms with van der Waals surface area (Å²) in [7, 11) is 0.